The van der Waals surface area contributed by atoms with Gasteiger partial charge >= 0.3 is 19.8 Å². The van der Waals surface area contributed by atoms with E-state index in [2.05, 4.69) is 98.9 Å². The molecule has 0 aromatic heterocycles. The van der Waals surface area contributed by atoms with Crippen LogP contribution in [0.25, 0.3) is 0 Å². The number of hydrogen-bond acceptors (Lipinski definition) is 7. The predicted octanol–water partition coefficient (Wildman–Crippen LogP) is 21.4. The van der Waals surface area contributed by atoms with Gasteiger partial charge in [-0.25, -0.2) is 4.57 Å². The maximum absolute atomic E-state index is 12.9. The Balaban J connectivity index is 3.98. The molecule has 0 aliphatic carbocycles. The van der Waals surface area contributed by atoms with Crippen LogP contribution >= 0.6 is 7.82 Å². The van der Waals surface area contributed by atoms with Crippen LogP contribution in [-0.4, -0.2) is 74.9 Å². The number of likely N-dealkylation sites (N-methyl/N-ethyl adjacent to an activating group) is 1. The van der Waals surface area contributed by atoms with Crippen LogP contribution in [0.3, 0.4) is 0 Å². The van der Waals surface area contributed by atoms with Crippen LogP contribution in [0.4, 0.5) is 0 Å². The number of ether oxygens (including phenoxy) is 2. The van der Waals surface area contributed by atoms with Gasteiger partial charge in [-0.05, 0) is 89.9 Å². The normalized spacial score (nSPS) is 13.7. The monoisotopic (exact) mass is 1140 g/mol. The number of quaternary nitrogens is 1. The van der Waals surface area contributed by atoms with Gasteiger partial charge in [0.25, 0.3) is 0 Å². The van der Waals surface area contributed by atoms with Gasteiger partial charge in [-0.3, -0.25) is 18.6 Å². The van der Waals surface area contributed by atoms with E-state index in [0.717, 1.165) is 83.5 Å². The Morgan fingerprint density at radius 3 is 1.06 bits per heavy atom. The van der Waals surface area contributed by atoms with E-state index in [1.165, 1.54) is 180 Å². The van der Waals surface area contributed by atoms with Gasteiger partial charge < -0.3 is 18.9 Å². The highest BCUT2D eigenvalue weighted by atomic mass is 31.2. The molecule has 0 bridgehead atoms. The smallest absolute Gasteiger partial charge is 0.462 e. The van der Waals surface area contributed by atoms with Gasteiger partial charge in [0.1, 0.15) is 19.8 Å². The average molecular weight is 1140 g/mol. The molecular formula is C70H127NO8P+. The first kappa shape index (κ1) is 77.2. The Labute approximate surface area is 494 Å². The van der Waals surface area contributed by atoms with Gasteiger partial charge in [-0.15, -0.1) is 0 Å². The number of allylic oxidation sites excluding steroid dienone is 14. The number of nitrogens with zero attached hydrogens (tertiary/aromatic N) is 1. The summed E-state index contributed by atoms with van der Waals surface area (Å²) in [5.74, 6) is -0.803. The first-order chi connectivity index (χ1) is 39.0. The summed E-state index contributed by atoms with van der Waals surface area (Å²) in [5, 5.41) is 0. The van der Waals surface area contributed by atoms with Gasteiger partial charge in [0.05, 0.1) is 27.7 Å². The Bertz CT molecular complexity index is 1630. The summed E-state index contributed by atoms with van der Waals surface area (Å²) < 4.78 is 34.6. The van der Waals surface area contributed by atoms with E-state index in [4.69, 9.17) is 18.5 Å². The number of phosphoric ester groups is 1. The molecule has 9 nitrogen and oxygen atoms in total. The third kappa shape index (κ3) is 64.4. The van der Waals surface area contributed by atoms with Crippen molar-refractivity contribution in [3.63, 3.8) is 0 Å². The lowest BCUT2D eigenvalue weighted by molar-refractivity contribution is -0.870. The minimum absolute atomic E-state index is 0.0283. The molecule has 0 fully saturated rings. The lowest BCUT2D eigenvalue weighted by atomic mass is 10.0. The molecule has 0 aliphatic rings. The summed E-state index contributed by atoms with van der Waals surface area (Å²) in [6, 6.07) is 0. The molecule has 10 heteroatoms. The third-order valence-corrected chi connectivity index (χ3v) is 15.4. The van der Waals surface area contributed by atoms with Gasteiger partial charge in [0, 0.05) is 12.8 Å². The lowest BCUT2D eigenvalue weighted by Crippen LogP contribution is -2.37. The van der Waals surface area contributed by atoms with Crippen molar-refractivity contribution < 1.29 is 42.1 Å². The molecule has 464 valence electrons. The number of hydrogen-bond donors (Lipinski definition) is 1. The van der Waals surface area contributed by atoms with Gasteiger partial charge in [0.15, 0.2) is 6.10 Å². The van der Waals surface area contributed by atoms with Crippen LogP contribution in [0, 0.1) is 0 Å². The second-order valence-corrected chi connectivity index (χ2v) is 24.9. The van der Waals surface area contributed by atoms with Crippen molar-refractivity contribution in [1.82, 2.24) is 0 Å². The van der Waals surface area contributed by atoms with Crippen LogP contribution in [0.1, 0.15) is 296 Å². The quantitative estimate of drug-likeness (QED) is 0.0211. The first-order valence-electron chi connectivity index (χ1n) is 33.3. The second-order valence-electron chi connectivity index (χ2n) is 23.5. The zero-order chi connectivity index (χ0) is 58.4. The molecule has 0 spiro atoms. The molecule has 0 aromatic rings. The summed E-state index contributed by atoms with van der Waals surface area (Å²) in [4.78, 5) is 35.8. The maximum Gasteiger partial charge on any atom is 0.472 e. The summed E-state index contributed by atoms with van der Waals surface area (Å²) in [5.41, 5.74) is 0. The first-order valence-corrected chi connectivity index (χ1v) is 34.8. The molecule has 0 heterocycles. The SMILES string of the molecule is CC/C=C\C/C=C\C/C=C\C/C=C\CCCCCCCCCCCCCCCCCCCCCCCCCCC(=O)OC(COC(=O)CCCCCCCC/C=C\C/C=C\C/C=C\CCCCC)COP(=O)(O)OCC[N+](C)(C)C. The fourth-order valence-corrected chi connectivity index (χ4v) is 10.1. The zero-order valence-electron chi connectivity index (χ0n) is 52.8. The van der Waals surface area contributed by atoms with Crippen molar-refractivity contribution in [2.45, 2.75) is 302 Å². The Morgan fingerprint density at radius 2 is 0.713 bits per heavy atom. The highest BCUT2D eigenvalue weighted by molar-refractivity contribution is 7.47. The standard InChI is InChI=1S/C70H126NO8P/c1-6-8-10-12-14-16-18-20-22-24-26-27-28-29-30-31-32-33-34-35-36-37-38-39-40-41-42-43-45-47-49-51-53-55-57-59-61-63-70(73)79-68(67-78-80(74,75)77-65-64-71(3,4)5)66-76-69(72)62-60-58-56-54-52-50-48-46-44-25-23-21-19-17-15-13-11-9-7-2/h8,10,14-17,20-23,26-27,44,46,68H,6-7,9,11-13,18-19,24-25,28-43,45,47-67H2,1-5H3/p+1/b10-8-,16-14-,17-15-,22-20-,23-21-,27-26-,46-44-. The van der Waals surface area contributed by atoms with Crippen molar-refractivity contribution in [2.24, 2.45) is 0 Å². The zero-order valence-corrected chi connectivity index (χ0v) is 53.7. The third-order valence-electron chi connectivity index (χ3n) is 14.4. The van der Waals surface area contributed by atoms with Crippen molar-refractivity contribution in [2.75, 3.05) is 47.5 Å². The van der Waals surface area contributed by atoms with Crippen molar-refractivity contribution >= 4 is 19.8 Å². The topological polar surface area (TPSA) is 108 Å². The van der Waals surface area contributed by atoms with E-state index in [-0.39, 0.29) is 32.0 Å². The predicted molar refractivity (Wildman–Crippen MR) is 344 cm³/mol. The highest BCUT2D eigenvalue weighted by Gasteiger charge is 2.27. The number of unbranched alkanes of at least 4 members (excludes halogenated alkanes) is 33. The van der Waals surface area contributed by atoms with E-state index in [0.29, 0.717) is 17.4 Å². The van der Waals surface area contributed by atoms with Crippen LogP contribution in [0.15, 0.2) is 85.1 Å². The molecule has 0 saturated heterocycles. The van der Waals surface area contributed by atoms with E-state index >= 15 is 0 Å². The van der Waals surface area contributed by atoms with Crippen molar-refractivity contribution in [1.29, 1.82) is 0 Å². The number of rotatable bonds is 61. The number of carbonyl (C=O) groups excluding carboxylic acids is 2. The molecule has 0 aromatic carbocycles. The lowest BCUT2D eigenvalue weighted by Gasteiger charge is -2.24. The van der Waals surface area contributed by atoms with Crippen molar-refractivity contribution in [3.8, 4) is 0 Å². The molecule has 0 aliphatic heterocycles. The Hall–Kier alpha value is -2.81. The number of esters is 2. The van der Waals surface area contributed by atoms with E-state index in [1.54, 1.807) is 0 Å². The minimum Gasteiger partial charge on any atom is -0.462 e. The summed E-state index contributed by atoms with van der Waals surface area (Å²) in [7, 11) is 1.47. The van der Waals surface area contributed by atoms with Gasteiger partial charge in [0.2, 0.25) is 0 Å². The summed E-state index contributed by atoms with van der Waals surface area (Å²) >= 11 is 0. The number of phosphoric acid groups is 1. The highest BCUT2D eigenvalue weighted by Crippen LogP contribution is 2.43. The average Bonchev–Trinajstić information content (AvgIpc) is 3.42. The maximum atomic E-state index is 12.9. The summed E-state index contributed by atoms with van der Waals surface area (Å²) in [6.07, 6.45) is 82.6. The fourth-order valence-electron chi connectivity index (χ4n) is 9.31. The molecule has 80 heavy (non-hydrogen) atoms. The van der Waals surface area contributed by atoms with Crippen LogP contribution in [0.5, 0.6) is 0 Å². The molecule has 1 N–H and O–H groups in total. The van der Waals surface area contributed by atoms with Crippen LogP contribution in [0.2, 0.25) is 0 Å². The summed E-state index contributed by atoms with van der Waals surface area (Å²) in [6.45, 7) is 4.31. The molecule has 0 radical (unpaired) electrons. The van der Waals surface area contributed by atoms with Gasteiger partial charge in [-0.2, -0.15) is 0 Å². The molecule has 0 saturated carbocycles. The number of carbonyl (C=O) groups is 2. The molecule has 0 amide bonds. The Morgan fingerprint density at radius 1 is 0.400 bits per heavy atom. The van der Waals surface area contributed by atoms with Gasteiger partial charge in [-0.1, -0.05) is 279 Å². The Kier molecular flexibility index (Phi) is 58.6. The molecule has 2 atom stereocenters. The van der Waals surface area contributed by atoms with Crippen LogP contribution in [-0.2, 0) is 32.7 Å². The minimum atomic E-state index is -4.39. The fraction of sp³-hybridized carbons (Fsp3) is 0.771. The van der Waals surface area contributed by atoms with E-state index in [9.17, 15) is 19.0 Å². The molecule has 0 rings (SSSR count). The second kappa shape index (κ2) is 60.8. The van der Waals surface area contributed by atoms with E-state index < -0.39 is 26.5 Å². The molecule has 2 unspecified atom stereocenters. The van der Waals surface area contributed by atoms with Crippen LogP contribution < -0.4 is 0 Å². The molecular weight excluding hydrogens is 1010 g/mol. The van der Waals surface area contributed by atoms with Crippen molar-refractivity contribution in [3.05, 3.63) is 85.1 Å². The van der Waals surface area contributed by atoms with E-state index in [1.807, 2.05) is 21.1 Å². The largest absolute Gasteiger partial charge is 0.472 e.